The smallest absolute Gasteiger partial charge is 0.173 e. The fraction of sp³-hybridized carbons (Fsp3) is 1.00. The molecule has 1 atom stereocenters. The van der Waals surface area contributed by atoms with E-state index in [0.29, 0.717) is 0 Å². The van der Waals surface area contributed by atoms with Gasteiger partial charge >= 0.3 is 12.3 Å². The maximum Gasteiger partial charge on any atom is 0.400 e. The molecule has 1 unspecified atom stereocenters. The minimum Gasteiger partial charge on any atom is -0.173 e. The maximum atomic E-state index is 11.9. The van der Waals surface area contributed by atoms with Crippen LogP contribution < -0.4 is 0 Å². The van der Waals surface area contributed by atoms with Crippen molar-refractivity contribution in [2.75, 3.05) is 0 Å². The molecule has 0 amide bonds. The molecule has 0 N–H and O–H groups in total. The lowest BCUT2D eigenvalue weighted by atomic mass is 10.0. The van der Waals surface area contributed by atoms with Crippen molar-refractivity contribution in [2.45, 2.75) is 25.1 Å². The molecule has 0 spiro atoms. The van der Waals surface area contributed by atoms with Gasteiger partial charge in [0.1, 0.15) is 0 Å². The molecule has 1 aliphatic rings. The Morgan fingerprint density at radius 2 is 1.50 bits per heavy atom. The van der Waals surface area contributed by atoms with Gasteiger partial charge in [-0.15, -0.1) is 0 Å². The number of rotatable bonds is 2. The SMILES string of the molecule is [O]C(F)(F)C(C1CC1)C(F)(F)F. The molecule has 71 valence electrons. The Morgan fingerprint density at radius 3 is 1.58 bits per heavy atom. The molecule has 0 bridgehead atoms. The first-order chi connectivity index (χ1) is 5.23. The molecular formula is C6H6F5O. The van der Waals surface area contributed by atoms with Crippen molar-refractivity contribution in [3.63, 3.8) is 0 Å². The Bertz CT molecular complexity index is 152. The van der Waals surface area contributed by atoms with Crippen molar-refractivity contribution < 1.29 is 27.1 Å². The van der Waals surface area contributed by atoms with Gasteiger partial charge in [-0.3, -0.25) is 0 Å². The monoisotopic (exact) mass is 189 g/mol. The lowest BCUT2D eigenvalue weighted by Crippen LogP contribution is -2.39. The topological polar surface area (TPSA) is 19.9 Å². The lowest BCUT2D eigenvalue weighted by molar-refractivity contribution is -0.345. The Morgan fingerprint density at radius 1 is 1.08 bits per heavy atom. The van der Waals surface area contributed by atoms with E-state index in [9.17, 15) is 27.1 Å². The van der Waals surface area contributed by atoms with Crippen molar-refractivity contribution >= 4 is 0 Å². The molecule has 6 heteroatoms. The van der Waals surface area contributed by atoms with Crippen LogP contribution in [0.25, 0.3) is 0 Å². The highest BCUT2D eigenvalue weighted by atomic mass is 19.4. The normalized spacial score (nSPS) is 22.5. The summed E-state index contributed by atoms with van der Waals surface area (Å²) in [5.74, 6) is -4.16. The number of alkyl halides is 5. The number of hydrogen-bond donors (Lipinski definition) is 0. The highest BCUT2D eigenvalue weighted by molar-refractivity contribution is 4.89. The third-order valence-corrected chi connectivity index (χ3v) is 1.81. The van der Waals surface area contributed by atoms with Crippen LogP contribution in [0, 0.1) is 11.8 Å². The highest BCUT2D eigenvalue weighted by Gasteiger charge is 2.62. The highest BCUT2D eigenvalue weighted by Crippen LogP contribution is 2.51. The zero-order chi connectivity index (χ0) is 9.57. The summed E-state index contributed by atoms with van der Waals surface area (Å²) >= 11 is 0. The standard InChI is InChI=1S/C6H6F5O/c7-5(8,9)4(3-1-2-3)6(10,11)12/h3-4H,1-2H2. The Labute approximate surface area is 65.2 Å². The maximum absolute atomic E-state index is 11.9. The van der Waals surface area contributed by atoms with Crippen LogP contribution in [0.5, 0.6) is 0 Å². The van der Waals surface area contributed by atoms with E-state index in [2.05, 4.69) is 0 Å². The number of hydrogen-bond acceptors (Lipinski definition) is 0. The predicted molar refractivity (Wildman–Crippen MR) is 27.9 cm³/mol. The molecule has 1 nitrogen and oxygen atoms in total. The van der Waals surface area contributed by atoms with Crippen LogP contribution in [0.2, 0.25) is 0 Å². The fourth-order valence-electron chi connectivity index (χ4n) is 1.16. The molecule has 0 heterocycles. The van der Waals surface area contributed by atoms with Gasteiger partial charge in [0.2, 0.25) is 0 Å². The quantitative estimate of drug-likeness (QED) is 0.595. The Hall–Kier alpha value is -0.390. The molecule has 0 aromatic rings. The van der Waals surface area contributed by atoms with Gasteiger partial charge in [0.15, 0.2) is 5.92 Å². The fourth-order valence-corrected chi connectivity index (χ4v) is 1.16. The van der Waals surface area contributed by atoms with Crippen LogP contribution in [-0.2, 0) is 5.11 Å². The molecule has 1 radical (unpaired) electrons. The second-order valence-electron chi connectivity index (χ2n) is 2.92. The molecule has 1 aliphatic carbocycles. The minimum absolute atomic E-state index is 0.0714. The van der Waals surface area contributed by atoms with Gasteiger partial charge in [-0.2, -0.15) is 27.1 Å². The van der Waals surface area contributed by atoms with E-state index in [4.69, 9.17) is 0 Å². The zero-order valence-electron chi connectivity index (χ0n) is 5.87. The van der Waals surface area contributed by atoms with Crippen LogP contribution in [-0.4, -0.2) is 12.3 Å². The summed E-state index contributed by atoms with van der Waals surface area (Å²) in [6, 6.07) is 0. The summed E-state index contributed by atoms with van der Waals surface area (Å²) in [6.45, 7) is 0. The van der Waals surface area contributed by atoms with Gasteiger partial charge in [-0.1, -0.05) is 0 Å². The zero-order valence-corrected chi connectivity index (χ0v) is 5.87. The molecule has 1 rings (SSSR count). The van der Waals surface area contributed by atoms with Gasteiger partial charge in [0.25, 0.3) is 0 Å². The summed E-state index contributed by atoms with van der Waals surface area (Å²) in [5.41, 5.74) is 0. The van der Waals surface area contributed by atoms with Crippen molar-refractivity contribution in [1.82, 2.24) is 0 Å². The third-order valence-electron chi connectivity index (χ3n) is 1.81. The summed E-state index contributed by atoms with van der Waals surface area (Å²) in [6.07, 6.45) is -9.82. The van der Waals surface area contributed by atoms with Crippen molar-refractivity contribution in [3.8, 4) is 0 Å². The summed E-state index contributed by atoms with van der Waals surface area (Å²) in [5, 5.41) is 9.88. The van der Waals surface area contributed by atoms with Gasteiger partial charge in [-0.05, 0) is 18.8 Å². The van der Waals surface area contributed by atoms with Gasteiger partial charge < -0.3 is 0 Å². The largest absolute Gasteiger partial charge is 0.400 e. The van der Waals surface area contributed by atoms with E-state index in [1.54, 1.807) is 0 Å². The number of halogens is 5. The molecule has 1 fully saturated rings. The minimum atomic E-state index is -5.08. The van der Waals surface area contributed by atoms with Crippen LogP contribution in [0.3, 0.4) is 0 Å². The average Bonchev–Trinajstić information content (AvgIpc) is 2.38. The van der Waals surface area contributed by atoms with Crippen LogP contribution in [0.1, 0.15) is 12.8 Å². The molecule has 0 aliphatic heterocycles. The van der Waals surface area contributed by atoms with Crippen molar-refractivity contribution in [2.24, 2.45) is 11.8 Å². The van der Waals surface area contributed by atoms with E-state index >= 15 is 0 Å². The second-order valence-corrected chi connectivity index (χ2v) is 2.92. The average molecular weight is 189 g/mol. The lowest BCUT2D eigenvalue weighted by Gasteiger charge is -2.22. The second kappa shape index (κ2) is 2.55. The summed E-state index contributed by atoms with van der Waals surface area (Å²) in [4.78, 5) is 0. The Kier molecular flexibility index (Phi) is 2.06. The Balaban J connectivity index is 2.74. The van der Waals surface area contributed by atoms with Crippen LogP contribution in [0.15, 0.2) is 0 Å². The van der Waals surface area contributed by atoms with E-state index in [1.165, 1.54) is 0 Å². The molecule has 1 saturated carbocycles. The first kappa shape index (κ1) is 9.70. The molecule has 0 aromatic heterocycles. The molecule has 0 saturated heterocycles. The summed E-state index contributed by atoms with van der Waals surface area (Å²) < 4.78 is 59.3. The third kappa shape index (κ3) is 2.06. The molecular weight excluding hydrogens is 183 g/mol. The predicted octanol–water partition coefficient (Wildman–Crippen LogP) is 2.60. The van der Waals surface area contributed by atoms with Crippen LogP contribution >= 0.6 is 0 Å². The van der Waals surface area contributed by atoms with E-state index in [0.717, 1.165) is 0 Å². The van der Waals surface area contributed by atoms with E-state index < -0.39 is 24.1 Å². The molecule has 12 heavy (non-hydrogen) atoms. The van der Waals surface area contributed by atoms with E-state index in [-0.39, 0.29) is 12.8 Å². The van der Waals surface area contributed by atoms with Crippen LogP contribution in [0.4, 0.5) is 22.0 Å². The van der Waals surface area contributed by atoms with Crippen molar-refractivity contribution in [1.29, 1.82) is 0 Å². The summed E-state index contributed by atoms with van der Waals surface area (Å²) in [7, 11) is 0. The molecule has 0 aromatic carbocycles. The van der Waals surface area contributed by atoms with Crippen molar-refractivity contribution in [3.05, 3.63) is 0 Å². The first-order valence-electron chi connectivity index (χ1n) is 3.38. The van der Waals surface area contributed by atoms with Gasteiger partial charge in [-0.25, -0.2) is 0 Å². The van der Waals surface area contributed by atoms with Gasteiger partial charge in [0, 0.05) is 0 Å². The first-order valence-corrected chi connectivity index (χ1v) is 3.38. The van der Waals surface area contributed by atoms with E-state index in [1.807, 2.05) is 0 Å². The van der Waals surface area contributed by atoms with Gasteiger partial charge in [0.05, 0.1) is 0 Å².